The molecule has 1 spiro atoms. The van der Waals surface area contributed by atoms with Gasteiger partial charge < -0.3 is 29.9 Å². The Morgan fingerprint density at radius 3 is 2.36 bits per heavy atom. The maximum atomic E-state index is 13.7. The summed E-state index contributed by atoms with van der Waals surface area (Å²) >= 11 is 3.48. The number of aliphatic hydroxyl groups excluding tert-OH is 2. The van der Waals surface area contributed by atoms with E-state index in [1.54, 1.807) is 6.07 Å². The van der Waals surface area contributed by atoms with Crippen molar-refractivity contribution in [1.82, 2.24) is 4.98 Å². The number of aromatic hydroxyl groups is 1. The number of aliphatic hydroxyl groups is 2. The van der Waals surface area contributed by atoms with Crippen molar-refractivity contribution in [3.63, 3.8) is 0 Å². The zero-order chi connectivity index (χ0) is 33.5. The number of fused-ring (bicyclic) bond motifs is 4. The molecule has 0 unspecified atom stereocenters. The third-order valence-electron chi connectivity index (χ3n) is 8.76. The number of phenolic OH excluding ortho intramolecular Hbond substituents is 1. The molecule has 7 rings (SSSR count). The van der Waals surface area contributed by atoms with Gasteiger partial charge in [-0.15, -0.1) is 0 Å². The van der Waals surface area contributed by atoms with Crippen LogP contribution in [0, 0.1) is 16.3 Å². The molecule has 1 heterocycles. The first-order valence-electron chi connectivity index (χ1n) is 14.0. The summed E-state index contributed by atoms with van der Waals surface area (Å²) in [5, 5.41) is 35.8. The van der Waals surface area contributed by atoms with E-state index >= 15 is 0 Å². The maximum Gasteiger partial charge on any atom is 0.260 e. The van der Waals surface area contributed by atoms with Gasteiger partial charge in [-0.1, -0.05) is 17.3 Å². The van der Waals surface area contributed by atoms with Crippen molar-refractivity contribution < 1.29 is 29.3 Å². The molecule has 12 nitrogen and oxygen atoms in total. The average molecular weight is 703 g/mol. The molecule has 1 atom stereocenters. The van der Waals surface area contributed by atoms with E-state index < -0.39 is 82.4 Å². The Hall–Kier alpha value is -5.63. The molecule has 2 aromatic carbocycles. The summed E-state index contributed by atoms with van der Waals surface area (Å²) in [5.41, 5.74) is -6.20. The molecule has 0 amide bonds. The molecule has 1 aromatic heterocycles. The molecule has 0 bridgehead atoms. The molecule has 0 saturated heterocycles. The van der Waals surface area contributed by atoms with E-state index in [0.29, 0.717) is 15.6 Å². The fourth-order valence-electron chi connectivity index (χ4n) is 6.71. The Morgan fingerprint density at radius 1 is 0.979 bits per heavy atom. The van der Waals surface area contributed by atoms with E-state index in [9.17, 15) is 43.7 Å². The molecule has 47 heavy (non-hydrogen) atoms. The lowest BCUT2D eigenvalue weighted by molar-refractivity contribution is 0.132. The van der Waals surface area contributed by atoms with Crippen molar-refractivity contribution >= 4 is 44.4 Å². The Labute approximate surface area is 268 Å². The van der Waals surface area contributed by atoms with Crippen molar-refractivity contribution in [1.29, 1.82) is 0 Å². The second-order valence-corrected chi connectivity index (χ2v) is 12.0. The third kappa shape index (κ3) is 4.03. The smallest absolute Gasteiger partial charge is 0.260 e. The molecule has 4 aliphatic carbocycles. The number of hydrogen-bond acceptors (Lipinski definition) is 11. The van der Waals surface area contributed by atoms with Gasteiger partial charge in [0.05, 0.1) is 45.3 Å². The van der Waals surface area contributed by atoms with Crippen LogP contribution in [0.1, 0.15) is 28.8 Å². The number of rotatable bonds is 5. The molecular formula is C33H20BrFN2O10. The average Bonchev–Trinajstić information content (AvgIpc) is 3.55. The Balaban J connectivity index is 1.42. The highest BCUT2D eigenvalue weighted by Crippen LogP contribution is 2.56. The SMILES string of the molecule is COc1cc(=O)c2c(=O)c3c(c(=O)c=2c1=O)=C(O)[C@]1(CCc2c1c(O)c1c(=O)[nH]c(C=NOCc4cccc(F)c4)cc1c2Br)C=3O. The predicted octanol–water partition coefficient (Wildman–Crippen LogP) is 0.966. The van der Waals surface area contributed by atoms with Crippen LogP contribution in [0.25, 0.3) is 22.3 Å². The molecular weight excluding hydrogens is 683 g/mol. The van der Waals surface area contributed by atoms with Gasteiger partial charge in [0, 0.05) is 21.5 Å². The van der Waals surface area contributed by atoms with E-state index in [1.165, 1.54) is 30.5 Å². The number of aromatic nitrogens is 1. The van der Waals surface area contributed by atoms with Crippen LogP contribution in [0.3, 0.4) is 0 Å². The number of aromatic amines is 1. The molecule has 4 N–H and O–H groups in total. The van der Waals surface area contributed by atoms with Crippen molar-refractivity contribution in [3.8, 4) is 11.5 Å². The van der Waals surface area contributed by atoms with Gasteiger partial charge in [0.1, 0.15) is 35.1 Å². The highest BCUT2D eigenvalue weighted by Gasteiger charge is 2.53. The van der Waals surface area contributed by atoms with Crippen LogP contribution >= 0.6 is 15.9 Å². The number of H-pyrrole nitrogens is 1. The molecule has 236 valence electrons. The lowest BCUT2D eigenvalue weighted by Gasteiger charge is -2.27. The van der Waals surface area contributed by atoms with E-state index in [-0.39, 0.29) is 41.5 Å². The summed E-state index contributed by atoms with van der Waals surface area (Å²) in [6.07, 6.45) is 1.15. The Bertz CT molecular complexity index is 2750. The third-order valence-corrected chi connectivity index (χ3v) is 9.67. The number of methoxy groups -OCH3 is 1. The monoisotopic (exact) mass is 702 g/mol. The standard InChI is InChI=1S/C33H20BrFN2O10/c1-46-18-9-17(38)20-21(26(18)39)28(41)23-22(27(20)40)30(43)33(31(23)44)6-5-15-24(33)29(42)19-16(25(15)34)8-14(37-32(19)45)10-36-47-11-12-3-2-4-13(35)7-12/h2-4,7-10,42-44H,5-6,11H2,1H3,(H,37,45)/t33-/m0/s1. The molecule has 0 saturated carbocycles. The summed E-state index contributed by atoms with van der Waals surface area (Å²) in [6, 6.07) is 8.00. The van der Waals surface area contributed by atoms with Crippen LogP contribution < -0.4 is 42.4 Å². The minimum Gasteiger partial charge on any atom is -0.510 e. The fourth-order valence-corrected chi connectivity index (χ4v) is 7.42. The van der Waals surface area contributed by atoms with E-state index in [4.69, 9.17) is 9.57 Å². The highest BCUT2D eigenvalue weighted by atomic mass is 79.9. The number of ether oxygens (including phenoxy) is 1. The van der Waals surface area contributed by atoms with E-state index in [1.807, 2.05) is 0 Å². The molecule has 0 radical (unpaired) electrons. The van der Waals surface area contributed by atoms with Crippen LogP contribution in [-0.4, -0.2) is 33.6 Å². The summed E-state index contributed by atoms with van der Waals surface area (Å²) in [5.74, 6) is -3.14. The summed E-state index contributed by atoms with van der Waals surface area (Å²) in [7, 11) is 1.11. The van der Waals surface area contributed by atoms with E-state index in [2.05, 4.69) is 26.1 Å². The summed E-state index contributed by atoms with van der Waals surface area (Å²) < 4.78 is 18.6. The largest absolute Gasteiger partial charge is 0.510 e. The first kappa shape index (κ1) is 30.0. The lowest BCUT2D eigenvalue weighted by Crippen LogP contribution is -2.51. The first-order valence-corrected chi connectivity index (χ1v) is 14.8. The van der Waals surface area contributed by atoms with Crippen LogP contribution in [0.5, 0.6) is 11.5 Å². The number of phenols is 1. The Kier molecular flexibility index (Phi) is 6.68. The van der Waals surface area contributed by atoms with Crippen molar-refractivity contribution in [2.45, 2.75) is 24.9 Å². The van der Waals surface area contributed by atoms with E-state index in [0.717, 1.165) is 13.2 Å². The minimum absolute atomic E-state index is 0.0416. The summed E-state index contributed by atoms with van der Waals surface area (Å²) in [4.78, 5) is 74.2. The van der Waals surface area contributed by atoms with Gasteiger partial charge in [0.2, 0.25) is 16.3 Å². The number of nitrogens with zero attached hydrogens (tertiary/aromatic N) is 1. The summed E-state index contributed by atoms with van der Waals surface area (Å²) in [6.45, 7) is -0.0416. The zero-order valence-electron chi connectivity index (χ0n) is 24.1. The molecule has 0 aliphatic heterocycles. The van der Waals surface area contributed by atoms with Gasteiger partial charge in [-0.2, -0.15) is 0 Å². The van der Waals surface area contributed by atoms with Crippen molar-refractivity contribution in [2.24, 2.45) is 5.16 Å². The topological polar surface area (TPSA) is 193 Å². The number of hydrogen-bond donors (Lipinski definition) is 4. The number of nitrogens with one attached hydrogen (secondary N) is 1. The van der Waals surface area contributed by atoms with Gasteiger partial charge in [-0.3, -0.25) is 24.0 Å². The number of halogens is 2. The van der Waals surface area contributed by atoms with Gasteiger partial charge >= 0.3 is 0 Å². The quantitative estimate of drug-likeness (QED) is 0.152. The lowest BCUT2D eigenvalue weighted by atomic mass is 9.78. The first-order chi connectivity index (χ1) is 22.4. The van der Waals surface area contributed by atoms with Crippen LogP contribution in [-0.2, 0) is 23.3 Å². The van der Waals surface area contributed by atoms with Crippen LogP contribution in [0.15, 0.2) is 70.0 Å². The molecule has 0 fully saturated rings. The Morgan fingerprint density at radius 2 is 1.68 bits per heavy atom. The fraction of sp³-hybridized carbons (Fsp3) is 0.152. The highest BCUT2D eigenvalue weighted by molar-refractivity contribution is 9.10. The second kappa shape index (κ2) is 10.5. The second-order valence-electron chi connectivity index (χ2n) is 11.2. The minimum atomic E-state index is -2.04. The van der Waals surface area contributed by atoms with Gasteiger partial charge in [-0.05, 0) is 58.1 Å². The van der Waals surface area contributed by atoms with Crippen LogP contribution in [0.4, 0.5) is 4.39 Å². The maximum absolute atomic E-state index is 13.7. The van der Waals surface area contributed by atoms with Crippen molar-refractivity contribution in [2.75, 3.05) is 7.11 Å². The normalized spacial score (nSPS) is 16.9. The zero-order valence-corrected chi connectivity index (χ0v) is 25.7. The molecule has 4 aliphatic rings. The number of benzene rings is 2. The van der Waals surface area contributed by atoms with Gasteiger partial charge in [0.25, 0.3) is 5.56 Å². The van der Waals surface area contributed by atoms with Crippen LogP contribution in [0.2, 0.25) is 0 Å². The number of oxime groups is 1. The number of pyridine rings is 1. The molecule has 3 aromatic rings. The van der Waals surface area contributed by atoms with Gasteiger partial charge in [0.15, 0.2) is 11.2 Å². The van der Waals surface area contributed by atoms with Gasteiger partial charge in [-0.25, -0.2) is 4.39 Å². The molecule has 14 heteroatoms. The predicted molar refractivity (Wildman–Crippen MR) is 170 cm³/mol. The van der Waals surface area contributed by atoms with Crippen molar-refractivity contribution in [3.05, 3.63) is 141 Å².